The fourth-order valence-corrected chi connectivity index (χ4v) is 3.43. The third-order valence-corrected chi connectivity index (χ3v) is 4.96. The summed E-state index contributed by atoms with van der Waals surface area (Å²) in [5.41, 5.74) is 5.52. The number of furan rings is 1. The van der Waals surface area contributed by atoms with E-state index >= 15 is 0 Å². The summed E-state index contributed by atoms with van der Waals surface area (Å²) in [4.78, 5) is 0. The summed E-state index contributed by atoms with van der Waals surface area (Å²) in [5.74, 6) is 3.23. The molecule has 0 bridgehead atoms. The molecular formula is C21H22O4. The van der Waals surface area contributed by atoms with Gasteiger partial charge in [0.05, 0.1) is 5.56 Å². The molecule has 130 valence electrons. The van der Waals surface area contributed by atoms with Gasteiger partial charge < -0.3 is 18.6 Å². The van der Waals surface area contributed by atoms with Crippen LogP contribution >= 0.6 is 0 Å². The number of benzene rings is 2. The van der Waals surface area contributed by atoms with Crippen molar-refractivity contribution in [2.75, 3.05) is 6.79 Å². The number of fused-ring (bicyclic) bond motifs is 2. The van der Waals surface area contributed by atoms with Crippen LogP contribution in [0.3, 0.4) is 0 Å². The Hall–Kier alpha value is -2.62. The second-order valence-electron chi connectivity index (χ2n) is 6.48. The molecule has 4 nitrogen and oxygen atoms in total. The molecule has 0 N–H and O–H groups in total. The molecule has 2 aromatic carbocycles. The van der Waals surface area contributed by atoms with Crippen LogP contribution in [0.15, 0.2) is 28.7 Å². The predicted octanol–water partition coefficient (Wildman–Crippen LogP) is 5.23. The highest BCUT2D eigenvalue weighted by Crippen LogP contribution is 2.42. The average molecular weight is 338 g/mol. The van der Waals surface area contributed by atoms with E-state index in [1.807, 2.05) is 25.1 Å². The second-order valence-corrected chi connectivity index (χ2v) is 6.48. The molecule has 2 heterocycles. The summed E-state index contributed by atoms with van der Waals surface area (Å²) in [7, 11) is 0. The molecule has 0 spiro atoms. The van der Waals surface area contributed by atoms with Gasteiger partial charge in [-0.1, -0.05) is 13.0 Å². The topological polar surface area (TPSA) is 40.8 Å². The van der Waals surface area contributed by atoms with E-state index in [1.165, 1.54) is 16.7 Å². The Morgan fingerprint density at radius 3 is 2.68 bits per heavy atom. The Bertz CT molecular complexity index is 952. The molecule has 1 aliphatic heterocycles. The van der Waals surface area contributed by atoms with Crippen molar-refractivity contribution in [2.45, 2.75) is 40.7 Å². The maximum atomic E-state index is 6.15. The zero-order chi connectivity index (χ0) is 17.6. The lowest BCUT2D eigenvalue weighted by Crippen LogP contribution is -2.02. The Kier molecular flexibility index (Phi) is 3.83. The molecular weight excluding hydrogens is 316 g/mol. The minimum Gasteiger partial charge on any atom is -0.488 e. The van der Waals surface area contributed by atoms with Crippen LogP contribution in [0.1, 0.15) is 34.9 Å². The van der Waals surface area contributed by atoms with Crippen molar-refractivity contribution in [1.29, 1.82) is 0 Å². The van der Waals surface area contributed by atoms with Crippen molar-refractivity contribution < 1.29 is 18.6 Å². The van der Waals surface area contributed by atoms with Gasteiger partial charge in [-0.25, -0.2) is 0 Å². The van der Waals surface area contributed by atoms with Gasteiger partial charge >= 0.3 is 0 Å². The molecule has 0 saturated heterocycles. The zero-order valence-electron chi connectivity index (χ0n) is 15.1. The first kappa shape index (κ1) is 15.9. The van der Waals surface area contributed by atoms with Crippen LogP contribution < -0.4 is 14.2 Å². The van der Waals surface area contributed by atoms with Gasteiger partial charge in [0.1, 0.15) is 23.7 Å². The van der Waals surface area contributed by atoms with E-state index in [-0.39, 0.29) is 6.79 Å². The number of ether oxygens (including phenoxy) is 3. The maximum absolute atomic E-state index is 6.15. The first-order chi connectivity index (χ1) is 12.1. The van der Waals surface area contributed by atoms with Crippen LogP contribution in [0, 0.1) is 20.8 Å². The van der Waals surface area contributed by atoms with Gasteiger partial charge in [-0.2, -0.15) is 0 Å². The highest BCUT2D eigenvalue weighted by Gasteiger charge is 2.24. The van der Waals surface area contributed by atoms with E-state index in [0.717, 1.165) is 46.0 Å². The number of hydrogen-bond donors (Lipinski definition) is 0. The lowest BCUT2D eigenvalue weighted by atomic mass is 10.0. The quantitative estimate of drug-likeness (QED) is 0.653. The number of aryl methyl sites for hydroxylation is 2. The van der Waals surface area contributed by atoms with E-state index in [0.29, 0.717) is 6.61 Å². The summed E-state index contributed by atoms with van der Waals surface area (Å²) in [6.07, 6.45) is 1.02. The van der Waals surface area contributed by atoms with Gasteiger partial charge in [0.2, 0.25) is 6.79 Å². The van der Waals surface area contributed by atoms with Crippen molar-refractivity contribution in [3.63, 3.8) is 0 Å². The van der Waals surface area contributed by atoms with Crippen molar-refractivity contribution in [1.82, 2.24) is 0 Å². The molecule has 0 saturated carbocycles. The summed E-state index contributed by atoms with van der Waals surface area (Å²) < 4.78 is 23.3. The third-order valence-electron chi connectivity index (χ3n) is 4.96. The van der Waals surface area contributed by atoms with Crippen molar-refractivity contribution in [3.05, 3.63) is 52.3 Å². The van der Waals surface area contributed by atoms with E-state index in [2.05, 4.69) is 26.8 Å². The average Bonchev–Trinajstić information content (AvgIpc) is 3.20. The largest absolute Gasteiger partial charge is 0.488 e. The van der Waals surface area contributed by atoms with E-state index in [4.69, 9.17) is 18.6 Å². The lowest BCUT2D eigenvalue weighted by molar-refractivity contribution is 0.171. The summed E-state index contributed by atoms with van der Waals surface area (Å²) in [6.45, 7) is 8.97. The van der Waals surface area contributed by atoms with Gasteiger partial charge in [0, 0.05) is 5.39 Å². The van der Waals surface area contributed by atoms with Crippen LogP contribution in [0.25, 0.3) is 11.0 Å². The smallest absolute Gasteiger partial charge is 0.231 e. The molecule has 1 aliphatic rings. The summed E-state index contributed by atoms with van der Waals surface area (Å²) in [6, 6.07) is 8.15. The molecule has 0 aliphatic carbocycles. The van der Waals surface area contributed by atoms with E-state index in [1.54, 1.807) is 0 Å². The molecule has 4 rings (SSSR count). The highest BCUT2D eigenvalue weighted by molar-refractivity contribution is 5.86. The van der Waals surface area contributed by atoms with Crippen LogP contribution in [-0.2, 0) is 13.0 Å². The molecule has 0 radical (unpaired) electrons. The van der Waals surface area contributed by atoms with Gasteiger partial charge in [0.15, 0.2) is 11.5 Å². The molecule has 1 aromatic heterocycles. The lowest BCUT2D eigenvalue weighted by Gasteiger charge is -2.14. The maximum Gasteiger partial charge on any atom is 0.231 e. The van der Waals surface area contributed by atoms with Gasteiger partial charge in [0.25, 0.3) is 0 Å². The Morgan fingerprint density at radius 1 is 1.04 bits per heavy atom. The molecule has 25 heavy (non-hydrogen) atoms. The van der Waals surface area contributed by atoms with Gasteiger partial charge in [-0.05, 0) is 62.1 Å². The molecule has 0 amide bonds. The van der Waals surface area contributed by atoms with Crippen LogP contribution in [-0.4, -0.2) is 6.79 Å². The summed E-state index contributed by atoms with van der Waals surface area (Å²) >= 11 is 0. The minimum absolute atomic E-state index is 0.233. The number of rotatable bonds is 4. The molecule has 0 fully saturated rings. The number of hydrogen-bond acceptors (Lipinski definition) is 4. The Balaban J connectivity index is 1.71. The van der Waals surface area contributed by atoms with Crippen molar-refractivity contribution in [3.8, 4) is 17.2 Å². The highest BCUT2D eigenvalue weighted by atomic mass is 16.7. The van der Waals surface area contributed by atoms with E-state index < -0.39 is 0 Å². The Morgan fingerprint density at radius 2 is 1.88 bits per heavy atom. The Labute approximate surface area is 147 Å². The predicted molar refractivity (Wildman–Crippen MR) is 96.7 cm³/mol. The van der Waals surface area contributed by atoms with Crippen LogP contribution in [0.5, 0.6) is 17.2 Å². The fraction of sp³-hybridized carbons (Fsp3) is 0.333. The zero-order valence-corrected chi connectivity index (χ0v) is 15.1. The standard InChI is InChI=1S/C21H22O4/c1-5-15-6-7-18(14(4)13(15)3)22-10-17-20-16(8-12(2)25-20)9-19-21(17)24-11-23-19/h6-9H,5,10-11H2,1-4H3. The summed E-state index contributed by atoms with van der Waals surface area (Å²) in [5, 5.41) is 1.01. The third kappa shape index (κ3) is 2.62. The van der Waals surface area contributed by atoms with Gasteiger partial charge in [-0.15, -0.1) is 0 Å². The first-order valence-electron chi connectivity index (χ1n) is 8.62. The fourth-order valence-electron chi connectivity index (χ4n) is 3.43. The second kappa shape index (κ2) is 6.03. The van der Waals surface area contributed by atoms with Crippen LogP contribution in [0.2, 0.25) is 0 Å². The first-order valence-corrected chi connectivity index (χ1v) is 8.62. The minimum atomic E-state index is 0.233. The molecule has 0 unspecified atom stereocenters. The molecule has 3 aromatic rings. The molecule has 0 atom stereocenters. The van der Waals surface area contributed by atoms with Crippen molar-refractivity contribution >= 4 is 11.0 Å². The monoisotopic (exact) mass is 338 g/mol. The molecule has 4 heteroatoms. The normalized spacial score (nSPS) is 12.8. The van der Waals surface area contributed by atoms with Crippen molar-refractivity contribution in [2.24, 2.45) is 0 Å². The van der Waals surface area contributed by atoms with Gasteiger partial charge in [-0.3, -0.25) is 0 Å². The van der Waals surface area contributed by atoms with Crippen LogP contribution in [0.4, 0.5) is 0 Å². The SMILES string of the molecule is CCc1ccc(OCc2c3c(cc4cc(C)oc24)OCO3)c(C)c1C. The van der Waals surface area contributed by atoms with E-state index in [9.17, 15) is 0 Å².